The number of allylic oxidation sites excluding steroid dienone is 2. The molecule has 1 aliphatic heterocycles. The Morgan fingerprint density at radius 2 is 2.00 bits per heavy atom. The van der Waals surface area contributed by atoms with Crippen LogP contribution in [0.4, 0.5) is 0 Å². The molecular weight excluding hydrogens is 150 g/mol. The van der Waals surface area contributed by atoms with Gasteiger partial charge in [0, 0.05) is 13.1 Å². The van der Waals surface area contributed by atoms with Crippen molar-refractivity contribution in [2.75, 3.05) is 7.05 Å². The van der Waals surface area contributed by atoms with Gasteiger partial charge in [0.15, 0.2) is 0 Å². The van der Waals surface area contributed by atoms with Gasteiger partial charge in [-0.3, -0.25) is 4.79 Å². The standard InChI is InChI=1S/C10H15NO/c1-11-9-7-5-3-2-4-6-8(9)10(11)12/h2-3,8-9H,4-7H2,1H3. The summed E-state index contributed by atoms with van der Waals surface area (Å²) >= 11 is 0. The smallest absolute Gasteiger partial charge is 0.227 e. The first-order valence-corrected chi connectivity index (χ1v) is 4.72. The summed E-state index contributed by atoms with van der Waals surface area (Å²) in [6, 6.07) is 0.544. The summed E-state index contributed by atoms with van der Waals surface area (Å²) in [5.41, 5.74) is 0. The van der Waals surface area contributed by atoms with Crippen LogP contribution in [0.1, 0.15) is 25.7 Å². The second-order valence-electron chi connectivity index (χ2n) is 3.75. The van der Waals surface area contributed by atoms with Crippen LogP contribution in [0.2, 0.25) is 0 Å². The first kappa shape index (κ1) is 7.84. The summed E-state index contributed by atoms with van der Waals surface area (Å²) in [6.45, 7) is 0. The minimum atomic E-state index is 0.347. The lowest BCUT2D eigenvalue weighted by molar-refractivity contribution is -0.154. The van der Waals surface area contributed by atoms with Crippen LogP contribution < -0.4 is 0 Å². The van der Waals surface area contributed by atoms with Gasteiger partial charge in [0.25, 0.3) is 0 Å². The molecule has 2 atom stereocenters. The van der Waals surface area contributed by atoms with Gasteiger partial charge >= 0.3 is 0 Å². The van der Waals surface area contributed by atoms with E-state index < -0.39 is 0 Å². The lowest BCUT2D eigenvalue weighted by Gasteiger charge is -2.45. The van der Waals surface area contributed by atoms with Gasteiger partial charge in [0.1, 0.15) is 0 Å². The van der Waals surface area contributed by atoms with Gasteiger partial charge in [0.05, 0.1) is 5.92 Å². The van der Waals surface area contributed by atoms with Crippen molar-refractivity contribution < 1.29 is 4.79 Å². The third kappa shape index (κ3) is 1.06. The van der Waals surface area contributed by atoms with Crippen molar-refractivity contribution in [3.8, 4) is 0 Å². The van der Waals surface area contributed by atoms with Crippen LogP contribution in [0.15, 0.2) is 12.2 Å². The van der Waals surface area contributed by atoms with Crippen molar-refractivity contribution in [3.63, 3.8) is 0 Å². The third-order valence-electron chi connectivity index (χ3n) is 3.07. The number of β-lactam (4-membered cyclic amide) rings is 1. The number of hydrogen-bond donors (Lipinski definition) is 0. The molecule has 66 valence electrons. The van der Waals surface area contributed by atoms with E-state index in [1.165, 1.54) is 0 Å². The number of amides is 1. The van der Waals surface area contributed by atoms with Gasteiger partial charge in [-0.2, -0.15) is 0 Å². The van der Waals surface area contributed by atoms with Gasteiger partial charge in [-0.1, -0.05) is 12.2 Å². The Morgan fingerprint density at radius 3 is 2.75 bits per heavy atom. The minimum absolute atomic E-state index is 0.347. The van der Waals surface area contributed by atoms with Gasteiger partial charge in [-0.15, -0.1) is 0 Å². The molecule has 2 aliphatic rings. The van der Waals surface area contributed by atoms with Gasteiger partial charge in [-0.25, -0.2) is 0 Å². The molecule has 1 heterocycles. The molecule has 0 N–H and O–H groups in total. The van der Waals surface area contributed by atoms with Crippen molar-refractivity contribution in [1.29, 1.82) is 0 Å². The molecule has 1 amide bonds. The maximum atomic E-state index is 11.4. The summed E-state index contributed by atoms with van der Waals surface area (Å²) in [5, 5.41) is 0. The fraction of sp³-hybridized carbons (Fsp3) is 0.700. The van der Waals surface area contributed by atoms with Crippen LogP contribution in [-0.2, 0) is 4.79 Å². The summed E-state index contributed by atoms with van der Waals surface area (Å²) < 4.78 is 0. The molecule has 0 bridgehead atoms. The molecular formula is C10H15NO. The van der Waals surface area contributed by atoms with Crippen molar-refractivity contribution in [2.45, 2.75) is 31.7 Å². The van der Waals surface area contributed by atoms with Crippen molar-refractivity contribution >= 4 is 5.91 Å². The Labute approximate surface area is 73.2 Å². The average Bonchev–Trinajstić information content (AvgIpc) is 2.04. The molecule has 2 nitrogen and oxygen atoms in total. The lowest BCUT2D eigenvalue weighted by atomic mass is 9.80. The van der Waals surface area contributed by atoms with Crippen LogP contribution in [0.5, 0.6) is 0 Å². The van der Waals surface area contributed by atoms with Gasteiger partial charge < -0.3 is 4.90 Å². The number of carbonyl (C=O) groups excluding carboxylic acids is 1. The molecule has 0 saturated carbocycles. The molecule has 2 heteroatoms. The Balaban J connectivity index is 2.05. The first-order chi connectivity index (χ1) is 5.80. The maximum Gasteiger partial charge on any atom is 0.227 e. The highest BCUT2D eigenvalue weighted by Crippen LogP contribution is 2.33. The molecule has 0 radical (unpaired) electrons. The zero-order chi connectivity index (χ0) is 8.55. The summed E-state index contributed by atoms with van der Waals surface area (Å²) in [7, 11) is 1.93. The molecule has 12 heavy (non-hydrogen) atoms. The van der Waals surface area contributed by atoms with Crippen LogP contribution in [0.3, 0.4) is 0 Å². The largest absolute Gasteiger partial charge is 0.342 e. The zero-order valence-electron chi connectivity index (χ0n) is 7.49. The zero-order valence-corrected chi connectivity index (χ0v) is 7.49. The molecule has 1 fully saturated rings. The predicted octanol–water partition coefficient (Wildman–Crippen LogP) is 1.57. The highest BCUT2D eigenvalue weighted by Gasteiger charge is 2.43. The van der Waals surface area contributed by atoms with E-state index in [0.717, 1.165) is 25.7 Å². The number of fused-ring (bicyclic) bond motifs is 1. The Bertz CT molecular complexity index is 222. The van der Waals surface area contributed by atoms with Crippen molar-refractivity contribution in [3.05, 3.63) is 12.2 Å². The van der Waals surface area contributed by atoms with Gasteiger partial charge in [-0.05, 0) is 25.7 Å². The molecule has 0 aromatic heterocycles. The fourth-order valence-corrected chi connectivity index (χ4v) is 2.27. The van der Waals surface area contributed by atoms with E-state index >= 15 is 0 Å². The number of rotatable bonds is 0. The number of nitrogens with zero attached hydrogens (tertiary/aromatic N) is 1. The fourth-order valence-electron chi connectivity index (χ4n) is 2.27. The monoisotopic (exact) mass is 165 g/mol. The SMILES string of the molecule is CN1C(=O)C2CCC=CCCC21. The predicted molar refractivity (Wildman–Crippen MR) is 47.7 cm³/mol. The van der Waals surface area contributed by atoms with Gasteiger partial charge in [0.2, 0.25) is 5.91 Å². The lowest BCUT2D eigenvalue weighted by Crippen LogP contribution is -2.58. The second-order valence-corrected chi connectivity index (χ2v) is 3.75. The second kappa shape index (κ2) is 2.92. The number of likely N-dealkylation sites (tertiary alicyclic amines) is 1. The van der Waals surface area contributed by atoms with E-state index in [-0.39, 0.29) is 0 Å². The minimum Gasteiger partial charge on any atom is -0.342 e. The Hall–Kier alpha value is -0.790. The summed E-state index contributed by atoms with van der Waals surface area (Å²) in [6.07, 6.45) is 8.89. The average molecular weight is 165 g/mol. The van der Waals surface area contributed by atoms with Crippen LogP contribution in [-0.4, -0.2) is 23.9 Å². The molecule has 0 aromatic carbocycles. The van der Waals surface area contributed by atoms with E-state index in [1.807, 2.05) is 11.9 Å². The molecule has 1 saturated heterocycles. The quantitative estimate of drug-likeness (QED) is 0.394. The molecule has 0 spiro atoms. The number of carbonyl (C=O) groups is 1. The molecule has 2 unspecified atom stereocenters. The van der Waals surface area contributed by atoms with Crippen molar-refractivity contribution in [1.82, 2.24) is 4.90 Å². The van der Waals surface area contributed by atoms with E-state index in [0.29, 0.717) is 17.9 Å². The summed E-state index contributed by atoms with van der Waals surface area (Å²) in [4.78, 5) is 13.3. The highest BCUT2D eigenvalue weighted by molar-refractivity contribution is 5.85. The molecule has 1 aliphatic carbocycles. The van der Waals surface area contributed by atoms with Crippen LogP contribution in [0, 0.1) is 5.92 Å². The van der Waals surface area contributed by atoms with Crippen molar-refractivity contribution in [2.24, 2.45) is 5.92 Å². The Morgan fingerprint density at radius 1 is 1.33 bits per heavy atom. The van der Waals surface area contributed by atoms with E-state index in [4.69, 9.17) is 0 Å². The summed E-state index contributed by atoms with van der Waals surface area (Å²) in [5.74, 6) is 0.704. The third-order valence-corrected chi connectivity index (χ3v) is 3.07. The maximum absolute atomic E-state index is 11.4. The molecule has 2 rings (SSSR count). The molecule has 0 aromatic rings. The Kier molecular flexibility index (Phi) is 1.91. The van der Waals surface area contributed by atoms with E-state index in [1.54, 1.807) is 0 Å². The topological polar surface area (TPSA) is 20.3 Å². The first-order valence-electron chi connectivity index (χ1n) is 4.72. The van der Waals surface area contributed by atoms with Crippen LogP contribution >= 0.6 is 0 Å². The van der Waals surface area contributed by atoms with Crippen LogP contribution in [0.25, 0.3) is 0 Å². The van der Waals surface area contributed by atoms with E-state index in [2.05, 4.69) is 12.2 Å². The number of hydrogen-bond acceptors (Lipinski definition) is 1. The normalized spacial score (nSPS) is 35.1. The van der Waals surface area contributed by atoms with E-state index in [9.17, 15) is 4.79 Å². The highest BCUT2D eigenvalue weighted by atomic mass is 16.2.